The Morgan fingerprint density at radius 1 is 1.04 bits per heavy atom. The van der Waals surface area contributed by atoms with Gasteiger partial charge in [-0.2, -0.15) is 13.2 Å². The molecular weight excluding hydrogens is 327 g/mol. The Balaban J connectivity index is 2.66. The first-order chi connectivity index (χ1) is 11.0. The Labute approximate surface area is 135 Å². The van der Waals surface area contributed by atoms with E-state index in [0.29, 0.717) is 0 Å². The predicted octanol–water partition coefficient (Wildman–Crippen LogP) is 3.63. The fourth-order valence-electron chi connectivity index (χ4n) is 2.62. The highest BCUT2D eigenvalue weighted by Gasteiger charge is 2.33. The molecule has 1 aromatic carbocycles. The number of carboxylic acids is 2. The second-order valence-electron chi connectivity index (χ2n) is 5.30. The molecule has 1 aliphatic rings. The Hall–Kier alpha value is -2.77. The fourth-order valence-corrected chi connectivity index (χ4v) is 2.62. The van der Waals surface area contributed by atoms with Crippen LogP contribution in [0.3, 0.4) is 0 Å². The summed E-state index contributed by atoms with van der Waals surface area (Å²) in [7, 11) is 0. The lowest BCUT2D eigenvalue weighted by Gasteiger charge is -2.33. The molecule has 0 aromatic heterocycles. The lowest BCUT2D eigenvalue weighted by molar-refractivity contribution is -0.138. The number of anilines is 1. The Bertz CT molecular complexity index is 742. The molecule has 0 spiro atoms. The third-order valence-electron chi connectivity index (χ3n) is 3.85. The van der Waals surface area contributed by atoms with Gasteiger partial charge in [0.1, 0.15) is 0 Å². The summed E-state index contributed by atoms with van der Waals surface area (Å²) in [6.07, 6.45) is -4.86. The first kappa shape index (κ1) is 17.6. The van der Waals surface area contributed by atoms with E-state index in [1.54, 1.807) is 0 Å². The van der Waals surface area contributed by atoms with Gasteiger partial charge in [-0.15, -0.1) is 0 Å². The van der Waals surface area contributed by atoms with Gasteiger partial charge < -0.3 is 15.1 Å². The number of aliphatic carboxylic acids is 2. The number of hydrogen-bond donors (Lipinski definition) is 2. The van der Waals surface area contributed by atoms with E-state index in [-0.39, 0.29) is 34.6 Å². The minimum absolute atomic E-state index is 0.0528. The molecule has 1 aliphatic heterocycles. The molecule has 0 saturated carbocycles. The zero-order valence-corrected chi connectivity index (χ0v) is 12.8. The van der Waals surface area contributed by atoms with Crippen molar-refractivity contribution < 1.29 is 33.0 Å². The van der Waals surface area contributed by atoms with Crippen LogP contribution in [-0.4, -0.2) is 22.2 Å². The number of alkyl halides is 3. The number of rotatable bonds is 3. The van der Waals surface area contributed by atoms with Gasteiger partial charge in [-0.1, -0.05) is 6.07 Å². The second-order valence-corrected chi connectivity index (χ2v) is 5.30. The number of carbonyl (C=O) groups is 2. The molecule has 0 saturated heterocycles. The maximum atomic E-state index is 12.9. The quantitative estimate of drug-likeness (QED) is 0.878. The summed E-state index contributed by atoms with van der Waals surface area (Å²) in [5.41, 5.74) is -0.823. The number of benzene rings is 1. The average Bonchev–Trinajstić information content (AvgIpc) is 2.46. The summed E-state index contributed by atoms with van der Waals surface area (Å²) in [5.74, 6) is -2.62. The average molecular weight is 341 g/mol. The van der Waals surface area contributed by atoms with E-state index in [4.69, 9.17) is 0 Å². The minimum Gasteiger partial charge on any atom is -0.478 e. The van der Waals surface area contributed by atoms with E-state index in [1.165, 1.54) is 30.9 Å². The summed E-state index contributed by atoms with van der Waals surface area (Å²) in [5, 5.41) is 18.5. The van der Waals surface area contributed by atoms with Crippen LogP contribution in [0.15, 0.2) is 46.8 Å². The molecule has 0 fully saturated rings. The normalized spacial score (nSPS) is 15.8. The van der Waals surface area contributed by atoms with E-state index < -0.39 is 23.7 Å². The maximum absolute atomic E-state index is 12.9. The van der Waals surface area contributed by atoms with Crippen LogP contribution in [0.5, 0.6) is 0 Å². The van der Waals surface area contributed by atoms with E-state index >= 15 is 0 Å². The SMILES string of the molecule is CC1=C(C(=O)O)CC(C(=O)O)=C(C)N1c1cccc(C(F)(F)F)c1. The van der Waals surface area contributed by atoms with E-state index in [1.807, 2.05) is 0 Å². The van der Waals surface area contributed by atoms with Gasteiger partial charge >= 0.3 is 18.1 Å². The largest absolute Gasteiger partial charge is 0.478 e. The number of nitrogens with zero attached hydrogens (tertiary/aromatic N) is 1. The highest BCUT2D eigenvalue weighted by molar-refractivity contribution is 5.97. The second kappa shape index (κ2) is 6.03. The third-order valence-corrected chi connectivity index (χ3v) is 3.85. The van der Waals surface area contributed by atoms with Crippen LogP contribution in [0.1, 0.15) is 25.8 Å². The smallest absolute Gasteiger partial charge is 0.416 e. The number of hydrogen-bond acceptors (Lipinski definition) is 3. The molecule has 1 heterocycles. The standard InChI is InChI=1S/C16H14F3NO4/c1-8-12(14(21)22)7-13(15(23)24)9(2)20(8)11-5-3-4-10(6-11)16(17,18)19/h3-6H,7H2,1-2H3,(H,21,22)(H,23,24). The monoisotopic (exact) mass is 341 g/mol. The molecule has 5 nitrogen and oxygen atoms in total. The van der Waals surface area contributed by atoms with E-state index in [2.05, 4.69) is 0 Å². The van der Waals surface area contributed by atoms with Crippen LogP contribution < -0.4 is 4.90 Å². The molecule has 1 aromatic rings. The molecule has 0 radical (unpaired) electrons. The van der Waals surface area contributed by atoms with Crippen LogP contribution in [0.25, 0.3) is 0 Å². The van der Waals surface area contributed by atoms with Crippen LogP contribution >= 0.6 is 0 Å². The zero-order chi connectivity index (χ0) is 18.2. The van der Waals surface area contributed by atoms with Crippen molar-refractivity contribution in [1.82, 2.24) is 0 Å². The first-order valence-corrected chi connectivity index (χ1v) is 6.87. The Kier molecular flexibility index (Phi) is 4.42. The molecule has 0 bridgehead atoms. The van der Waals surface area contributed by atoms with E-state index in [0.717, 1.165) is 12.1 Å². The summed E-state index contributed by atoms with van der Waals surface area (Å²) in [6.45, 7) is 2.87. The molecule has 0 amide bonds. The molecule has 128 valence electrons. The lowest BCUT2D eigenvalue weighted by Crippen LogP contribution is -2.30. The van der Waals surface area contributed by atoms with Gasteiger partial charge in [0.2, 0.25) is 0 Å². The summed E-state index contributed by atoms with van der Waals surface area (Å²) in [4.78, 5) is 24.0. The maximum Gasteiger partial charge on any atom is 0.416 e. The van der Waals surface area contributed by atoms with E-state index in [9.17, 15) is 33.0 Å². The van der Waals surface area contributed by atoms with Gasteiger partial charge in [0, 0.05) is 23.5 Å². The topological polar surface area (TPSA) is 77.8 Å². The molecule has 0 atom stereocenters. The molecule has 2 N–H and O–H groups in total. The van der Waals surface area contributed by atoms with Gasteiger partial charge in [-0.25, -0.2) is 9.59 Å². The number of halogens is 3. The highest BCUT2D eigenvalue weighted by Crippen LogP contribution is 2.37. The molecule has 8 heteroatoms. The molecular formula is C16H14F3NO4. The summed E-state index contributed by atoms with van der Waals surface area (Å²) in [6, 6.07) is 4.31. The van der Waals surface area contributed by atoms with Gasteiger partial charge in [0.25, 0.3) is 0 Å². The van der Waals surface area contributed by atoms with Crippen molar-refractivity contribution in [1.29, 1.82) is 0 Å². The van der Waals surface area contributed by atoms with Crippen molar-refractivity contribution in [2.75, 3.05) is 4.90 Å². The molecule has 0 aliphatic carbocycles. The number of carboxylic acid groups (broad SMARTS) is 2. The third kappa shape index (κ3) is 3.12. The Morgan fingerprint density at radius 2 is 1.54 bits per heavy atom. The van der Waals surface area contributed by atoms with Crippen LogP contribution in [0.2, 0.25) is 0 Å². The Morgan fingerprint density at radius 3 is 1.96 bits per heavy atom. The first-order valence-electron chi connectivity index (χ1n) is 6.87. The van der Waals surface area contributed by atoms with Crippen LogP contribution in [-0.2, 0) is 15.8 Å². The van der Waals surface area contributed by atoms with Crippen LogP contribution in [0.4, 0.5) is 18.9 Å². The van der Waals surface area contributed by atoms with Gasteiger partial charge in [0.15, 0.2) is 0 Å². The van der Waals surface area contributed by atoms with Gasteiger partial charge in [-0.05, 0) is 32.0 Å². The summed E-state index contributed by atoms with van der Waals surface area (Å²) < 4.78 is 38.7. The van der Waals surface area contributed by atoms with Crippen molar-refractivity contribution >= 4 is 17.6 Å². The van der Waals surface area contributed by atoms with Crippen molar-refractivity contribution in [3.63, 3.8) is 0 Å². The highest BCUT2D eigenvalue weighted by atomic mass is 19.4. The molecule has 24 heavy (non-hydrogen) atoms. The zero-order valence-electron chi connectivity index (χ0n) is 12.8. The lowest BCUT2D eigenvalue weighted by atomic mass is 9.96. The predicted molar refractivity (Wildman–Crippen MR) is 79.2 cm³/mol. The van der Waals surface area contributed by atoms with Crippen LogP contribution in [0, 0.1) is 0 Å². The minimum atomic E-state index is -4.56. The van der Waals surface area contributed by atoms with Crippen molar-refractivity contribution in [3.05, 3.63) is 52.4 Å². The van der Waals surface area contributed by atoms with Crippen molar-refractivity contribution in [3.8, 4) is 0 Å². The van der Waals surface area contributed by atoms with Gasteiger partial charge in [0.05, 0.1) is 16.7 Å². The number of allylic oxidation sites excluding steroid dienone is 2. The molecule has 2 rings (SSSR count). The summed E-state index contributed by atoms with van der Waals surface area (Å²) >= 11 is 0. The molecule has 0 unspecified atom stereocenters. The van der Waals surface area contributed by atoms with Gasteiger partial charge in [-0.3, -0.25) is 0 Å². The van der Waals surface area contributed by atoms with Crippen molar-refractivity contribution in [2.45, 2.75) is 26.4 Å². The fraction of sp³-hybridized carbons (Fsp3) is 0.250. The van der Waals surface area contributed by atoms with Crippen molar-refractivity contribution in [2.24, 2.45) is 0 Å².